The number of phenols is 1. The molecule has 1 aliphatic rings. The Morgan fingerprint density at radius 2 is 2.19 bits per heavy atom. The Morgan fingerprint density at radius 3 is 2.96 bits per heavy atom. The summed E-state index contributed by atoms with van der Waals surface area (Å²) < 4.78 is 5.13. The van der Waals surface area contributed by atoms with Gasteiger partial charge < -0.3 is 9.84 Å². The first-order chi connectivity index (χ1) is 13.1. The number of rotatable bonds is 6. The summed E-state index contributed by atoms with van der Waals surface area (Å²) in [5.74, 6) is 0.782. The summed E-state index contributed by atoms with van der Waals surface area (Å²) in [6, 6.07) is 12.5. The fourth-order valence-corrected chi connectivity index (χ4v) is 3.64. The molecule has 3 rings (SSSR count). The Morgan fingerprint density at radius 1 is 1.33 bits per heavy atom. The van der Waals surface area contributed by atoms with Gasteiger partial charge in [-0.25, -0.2) is 0 Å². The molecule has 5 heteroatoms. The topological polar surface area (TPSA) is 49.8 Å². The van der Waals surface area contributed by atoms with Gasteiger partial charge in [0.25, 0.3) is 0 Å². The number of carbonyl (C=O) groups excluding carboxylic acids is 1. The summed E-state index contributed by atoms with van der Waals surface area (Å²) >= 11 is 6.02. The van der Waals surface area contributed by atoms with Gasteiger partial charge in [0.2, 0.25) is 0 Å². The van der Waals surface area contributed by atoms with Crippen molar-refractivity contribution in [3.63, 3.8) is 0 Å². The van der Waals surface area contributed by atoms with Gasteiger partial charge in [-0.15, -0.1) is 0 Å². The molecule has 0 bridgehead atoms. The Labute approximate surface area is 165 Å². The number of ketones is 1. The van der Waals surface area contributed by atoms with Crippen molar-refractivity contribution < 1.29 is 14.6 Å². The van der Waals surface area contributed by atoms with E-state index in [0.717, 1.165) is 38.0 Å². The van der Waals surface area contributed by atoms with Crippen LogP contribution in [0.3, 0.4) is 0 Å². The number of phenolic OH excluding ortho intramolecular Hbond substituents is 1. The van der Waals surface area contributed by atoms with Crippen LogP contribution in [0, 0.1) is 5.92 Å². The number of benzene rings is 2. The number of aromatic hydroxyl groups is 1. The predicted octanol–water partition coefficient (Wildman–Crippen LogP) is 4.66. The molecular weight excluding hydrogens is 362 g/mol. The molecule has 27 heavy (non-hydrogen) atoms. The van der Waals surface area contributed by atoms with Crippen molar-refractivity contribution in [3.8, 4) is 11.5 Å². The van der Waals surface area contributed by atoms with Gasteiger partial charge in [0, 0.05) is 29.6 Å². The minimum Gasteiger partial charge on any atom is -0.504 e. The van der Waals surface area contributed by atoms with Crippen LogP contribution in [0.1, 0.15) is 28.8 Å². The number of hydrogen-bond acceptors (Lipinski definition) is 4. The Balaban J connectivity index is 1.59. The van der Waals surface area contributed by atoms with E-state index in [-0.39, 0.29) is 17.5 Å². The van der Waals surface area contributed by atoms with Crippen molar-refractivity contribution in [1.82, 2.24) is 4.90 Å². The molecule has 0 saturated carbocycles. The lowest BCUT2D eigenvalue weighted by Gasteiger charge is -2.31. The van der Waals surface area contributed by atoms with Gasteiger partial charge in [0.1, 0.15) is 0 Å². The van der Waals surface area contributed by atoms with Crippen molar-refractivity contribution in [3.05, 3.63) is 64.7 Å². The first-order valence-corrected chi connectivity index (χ1v) is 9.50. The van der Waals surface area contributed by atoms with E-state index >= 15 is 0 Å². The maximum Gasteiger partial charge on any atom is 0.167 e. The molecule has 1 fully saturated rings. The van der Waals surface area contributed by atoms with Crippen molar-refractivity contribution in [2.45, 2.75) is 12.8 Å². The second-order valence-electron chi connectivity index (χ2n) is 6.81. The minimum absolute atomic E-state index is 0.0133. The summed E-state index contributed by atoms with van der Waals surface area (Å²) in [6.07, 6.45) is 6.01. The number of halogens is 1. The fourth-order valence-electron chi connectivity index (χ4n) is 3.45. The molecule has 4 nitrogen and oxygen atoms in total. The summed E-state index contributed by atoms with van der Waals surface area (Å²) in [5.41, 5.74) is 1.66. The molecule has 1 unspecified atom stereocenters. The number of hydrogen-bond donors (Lipinski definition) is 1. The number of ether oxygens (including phenoxy) is 1. The first kappa shape index (κ1) is 19.5. The lowest BCUT2D eigenvalue weighted by molar-refractivity contribution is 0.0831. The molecule has 142 valence electrons. The summed E-state index contributed by atoms with van der Waals surface area (Å²) in [6.45, 7) is 2.53. The number of Topliss-reactive ketones (excluding diaryl/α,β-unsaturated/α-hetero) is 1. The maximum atomic E-state index is 12.8. The fraction of sp³-hybridized carbons (Fsp3) is 0.318. The van der Waals surface area contributed by atoms with Crippen molar-refractivity contribution in [2.24, 2.45) is 5.92 Å². The molecule has 0 aliphatic carbocycles. The van der Waals surface area contributed by atoms with E-state index < -0.39 is 0 Å². The third-order valence-electron chi connectivity index (χ3n) is 4.86. The second kappa shape index (κ2) is 9.07. The van der Waals surface area contributed by atoms with Crippen molar-refractivity contribution in [2.75, 3.05) is 26.7 Å². The lowest BCUT2D eigenvalue weighted by atomic mass is 9.90. The molecular formula is C22H24ClNO3. The zero-order valence-electron chi connectivity index (χ0n) is 15.4. The van der Waals surface area contributed by atoms with E-state index in [4.69, 9.17) is 16.3 Å². The summed E-state index contributed by atoms with van der Waals surface area (Å²) in [4.78, 5) is 15.1. The van der Waals surface area contributed by atoms with Crippen molar-refractivity contribution in [1.29, 1.82) is 0 Å². The number of methoxy groups -OCH3 is 1. The van der Waals surface area contributed by atoms with Crippen LogP contribution in [0.4, 0.5) is 0 Å². The van der Waals surface area contributed by atoms with Gasteiger partial charge >= 0.3 is 0 Å². The molecule has 2 aromatic rings. The van der Waals surface area contributed by atoms with E-state index in [2.05, 4.69) is 11.0 Å². The zero-order chi connectivity index (χ0) is 19.2. The average molecular weight is 386 g/mol. The van der Waals surface area contributed by atoms with E-state index in [0.29, 0.717) is 16.3 Å². The molecule has 0 spiro atoms. The lowest BCUT2D eigenvalue weighted by Crippen LogP contribution is -2.38. The van der Waals surface area contributed by atoms with Crippen LogP contribution in [-0.2, 0) is 0 Å². The molecule has 1 N–H and O–H groups in total. The highest BCUT2D eigenvalue weighted by molar-refractivity contribution is 6.31. The second-order valence-corrected chi connectivity index (χ2v) is 7.24. The zero-order valence-corrected chi connectivity index (χ0v) is 16.2. The van der Waals surface area contributed by atoms with Crippen LogP contribution in [0.15, 0.2) is 48.5 Å². The van der Waals surface area contributed by atoms with Gasteiger partial charge in [-0.3, -0.25) is 9.69 Å². The van der Waals surface area contributed by atoms with Gasteiger partial charge in [-0.2, -0.15) is 0 Å². The number of nitrogens with zero attached hydrogens (tertiary/aromatic N) is 1. The van der Waals surface area contributed by atoms with Crippen LogP contribution in [-0.4, -0.2) is 42.5 Å². The standard InChI is InChI=1S/C22H24ClNO3/c1-27-21-13-16(9-10-20(21)25)5-3-11-24-12-4-7-18(15-24)22(26)17-6-2-8-19(23)14-17/h2-3,5-6,8-10,13-14,18,25H,4,7,11-12,15H2,1H3. The third kappa shape index (κ3) is 5.12. The van der Waals surface area contributed by atoms with Gasteiger partial charge in [0.15, 0.2) is 17.3 Å². The van der Waals surface area contributed by atoms with E-state index in [1.807, 2.05) is 24.3 Å². The molecule has 1 heterocycles. The largest absolute Gasteiger partial charge is 0.504 e. The first-order valence-electron chi connectivity index (χ1n) is 9.12. The predicted molar refractivity (Wildman–Crippen MR) is 109 cm³/mol. The van der Waals surface area contributed by atoms with E-state index in [9.17, 15) is 9.90 Å². The Kier molecular flexibility index (Phi) is 6.54. The molecule has 1 atom stereocenters. The van der Waals surface area contributed by atoms with Gasteiger partial charge in [0.05, 0.1) is 7.11 Å². The van der Waals surface area contributed by atoms with Crippen molar-refractivity contribution >= 4 is 23.5 Å². The highest BCUT2D eigenvalue weighted by Gasteiger charge is 2.26. The monoisotopic (exact) mass is 385 g/mol. The van der Waals surface area contributed by atoms with E-state index in [1.165, 1.54) is 7.11 Å². The van der Waals surface area contributed by atoms with Crippen LogP contribution < -0.4 is 4.74 Å². The van der Waals surface area contributed by atoms with Crippen LogP contribution in [0.5, 0.6) is 11.5 Å². The summed E-state index contributed by atoms with van der Waals surface area (Å²) in [7, 11) is 1.54. The summed E-state index contributed by atoms with van der Waals surface area (Å²) in [5, 5.41) is 10.3. The normalized spacial score (nSPS) is 17.9. The number of likely N-dealkylation sites (tertiary alicyclic amines) is 1. The smallest absolute Gasteiger partial charge is 0.167 e. The molecule has 0 amide bonds. The van der Waals surface area contributed by atoms with E-state index in [1.54, 1.807) is 24.3 Å². The molecule has 0 aromatic heterocycles. The Hall–Kier alpha value is -2.30. The van der Waals surface area contributed by atoms with Crippen LogP contribution >= 0.6 is 11.6 Å². The molecule has 2 aromatic carbocycles. The van der Waals surface area contributed by atoms with Crippen LogP contribution in [0.25, 0.3) is 6.08 Å². The molecule has 0 radical (unpaired) electrons. The molecule has 1 aliphatic heterocycles. The Bertz CT molecular complexity index is 834. The maximum absolute atomic E-state index is 12.8. The van der Waals surface area contributed by atoms with Crippen LogP contribution in [0.2, 0.25) is 5.02 Å². The van der Waals surface area contributed by atoms with Gasteiger partial charge in [-0.05, 0) is 49.2 Å². The molecule has 1 saturated heterocycles. The highest BCUT2D eigenvalue weighted by Crippen LogP contribution is 2.27. The minimum atomic E-state index is 0.0133. The van der Waals surface area contributed by atoms with Gasteiger partial charge in [-0.1, -0.05) is 42.0 Å². The number of carbonyl (C=O) groups is 1. The third-order valence-corrected chi connectivity index (χ3v) is 5.10. The quantitative estimate of drug-likeness (QED) is 0.734. The SMILES string of the molecule is COc1cc(C=CCN2CCCC(C(=O)c3cccc(Cl)c3)C2)ccc1O. The number of piperidine rings is 1. The highest BCUT2D eigenvalue weighted by atomic mass is 35.5. The average Bonchev–Trinajstić information content (AvgIpc) is 2.69.